The topological polar surface area (TPSA) is 66.3 Å². The van der Waals surface area contributed by atoms with Crippen LogP contribution >= 0.6 is 0 Å². The Balaban J connectivity index is 1.55. The van der Waals surface area contributed by atoms with Crippen LogP contribution in [0.5, 0.6) is 17.2 Å². The first kappa shape index (κ1) is 18.8. The maximum absolute atomic E-state index is 12.3. The number of benzene rings is 2. The van der Waals surface area contributed by atoms with Crippen molar-refractivity contribution in [2.75, 3.05) is 13.7 Å². The number of nitrogens with zero attached hydrogens (tertiary/aromatic N) is 1. The molecule has 0 aromatic heterocycles. The van der Waals surface area contributed by atoms with Crippen molar-refractivity contribution < 1.29 is 23.7 Å². The summed E-state index contributed by atoms with van der Waals surface area (Å²) in [5.41, 5.74) is 2.71. The summed E-state index contributed by atoms with van der Waals surface area (Å²) in [4.78, 5) is 16.6. The van der Waals surface area contributed by atoms with Crippen LogP contribution in [0.4, 0.5) is 0 Å². The predicted octanol–water partition coefficient (Wildman–Crippen LogP) is 4.15. The third kappa shape index (κ3) is 4.16. The Morgan fingerprint density at radius 3 is 2.59 bits per heavy atom. The molecule has 0 bridgehead atoms. The molecule has 0 N–H and O–H groups in total. The molecule has 0 amide bonds. The molecule has 148 valence electrons. The van der Waals surface area contributed by atoms with Gasteiger partial charge >= 0.3 is 5.97 Å². The van der Waals surface area contributed by atoms with Gasteiger partial charge in [-0.2, -0.15) is 0 Å². The number of cyclic esters (lactones) is 1. The van der Waals surface area contributed by atoms with Crippen molar-refractivity contribution in [2.24, 2.45) is 4.99 Å². The summed E-state index contributed by atoms with van der Waals surface area (Å²) in [6, 6.07) is 12.9. The number of ether oxygens (including phenoxy) is 4. The van der Waals surface area contributed by atoms with Crippen LogP contribution in [-0.4, -0.2) is 31.7 Å². The van der Waals surface area contributed by atoms with Crippen molar-refractivity contribution >= 4 is 17.9 Å². The Hall–Kier alpha value is -3.54. The van der Waals surface area contributed by atoms with Gasteiger partial charge in [0, 0.05) is 17.2 Å². The number of methoxy groups -OCH3 is 1. The molecule has 0 aliphatic carbocycles. The van der Waals surface area contributed by atoms with E-state index in [0.717, 1.165) is 28.4 Å². The van der Waals surface area contributed by atoms with Gasteiger partial charge < -0.3 is 18.9 Å². The Morgan fingerprint density at radius 1 is 1.10 bits per heavy atom. The molecule has 6 nitrogen and oxygen atoms in total. The number of aliphatic imine (C=N–C) groups is 1. The lowest BCUT2D eigenvalue weighted by atomic mass is 10.1. The number of carbonyl (C=O) groups is 1. The van der Waals surface area contributed by atoms with Crippen LogP contribution in [0, 0.1) is 0 Å². The van der Waals surface area contributed by atoms with Crippen LogP contribution in [0.25, 0.3) is 6.08 Å². The lowest BCUT2D eigenvalue weighted by Gasteiger charge is -2.16. The molecule has 2 aromatic rings. The molecule has 2 heterocycles. The van der Waals surface area contributed by atoms with E-state index < -0.39 is 5.97 Å². The van der Waals surface area contributed by atoms with Gasteiger partial charge in [-0.3, -0.25) is 0 Å². The van der Waals surface area contributed by atoms with Crippen LogP contribution in [0.3, 0.4) is 0 Å². The third-order valence-electron chi connectivity index (χ3n) is 4.37. The smallest absolute Gasteiger partial charge is 0.363 e. The largest absolute Gasteiger partial charge is 0.497 e. The zero-order chi connectivity index (χ0) is 20.4. The molecule has 0 unspecified atom stereocenters. The molecular formula is C23H21NO5. The lowest BCUT2D eigenvalue weighted by Crippen LogP contribution is -2.08. The zero-order valence-electron chi connectivity index (χ0n) is 16.5. The number of rotatable bonds is 5. The second-order valence-electron chi connectivity index (χ2n) is 6.94. The molecule has 0 atom stereocenters. The molecule has 0 spiro atoms. The zero-order valence-corrected chi connectivity index (χ0v) is 16.5. The van der Waals surface area contributed by atoms with Crippen LogP contribution < -0.4 is 14.2 Å². The SMILES string of the molecule is COc1ccc2c(c1)OCC(C=C1N=C(c3ccc(OC(C)C)cc3)OC1=O)=C2. The summed E-state index contributed by atoms with van der Waals surface area (Å²) in [5, 5.41) is 0. The first-order valence-corrected chi connectivity index (χ1v) is 9.33. The minimum Gasteiger partial charge on any atom is -0.497 e. The number of esters is 1. The van der Waals surface area contributed by atoms with Gasteiger partial charge in [-0.1, -0.05) is 0 Å². The van der Waals surface area contributed by atoms with E-state index in [1.807, 2.05) is 62.4 Å². The van der Waals surface area contributed by atoms with Crippen molar-refractivity contribution in [1.82, 2.24) is 0 Å². The van der Waals surface area contributed by atoms with E-state index >= 15 is 0 Å². The van der Waals surface area contributed by atoms with Gasteiger partial charge in [-0.15, -0.1) is 0 Å². The quantitative estimate of drug-likeness (QED) is 0.566. The van der Waals surface area contributed by atoms with Crippen molar-refractivity contribution in [2.45, 2.75) is 20.0 Å². The van der Waals surface area contributed by atoms with Crippen molar-refractivity contribution in [3.05, 3.63) is 70.9 Å². The van der Waals surface area contributed by atoms with Crippen LogP contribution in [0.1, 0.15) is 25.0 Å². The van der Waals surface area contributed by atoms with Crippen molar-refractivity contribution in [3.8, 4) is 17.2 Å². The molecule has 6 heteroatoms. The van der Waals surface area contributed by atoms with Crippen LogP contribution in [0.2, 0.25) is 0 Å². The second-order valence-corrected chi connectivity index (χ2v) is 6.94. The lowest BCUT2D eigenvalue weighted by molar-refractivity contribution is -0.130. The highest BCUT2D eigenvalue weighted by molar-refractivity contribution is 6.11. The van der Waals surface area contributed by atoms with Crippen molar-refractivity contribution in [3.63, 3.8) is 0 Å². The van der Waals surface area contributed by atoms with E-state index in [4.69, 9.17) is 18.9 Å². The average molecular weight is 391 g/mol. The fourth-order valence-electron chi connectivity index (χ4n) is 3.03. The maximum atomic E-state index is 12.3. The molecule has 0 saturated heterocycles. The van der Waals surface area contributed by atoms with E-state index in [1.165, 1.54) is 0 Å². The molecular weight excluding hydrogens is 370 g/mol. The van der Waals surface area contributed by atoms with Crippen molar-refractivity contribution in [1.29, 1.82) is 0 Å². The van der Waals surface area contributed by atoms with Crippen LogP contribution in [0.15, 0.2) is 64.8 Å². The predicted molar refractivity (Wildman–Crippen MR) is 109 cm³/mol. The minimum absolute atomic E-state index is 0.0919. The summed E-state index contributed by atoms with van der Waals surface area (Å²) in [5.74, 6) is 2.03. The number of carbonyl (C=O) groups excluding carboxylic acids is 1. The second kappa shape index (κ2) is 7.83. The highest BCUT2D eigenvalue weighted by Crippen LogP contribution is 2.31. The minimum atomic E-state index is -0.482. The molecule has 0 saturated carbocycles. The Bertz CT molecular complexity index is 1030. The maximum Gasteiger partial charge on any atom is 0.363 e. The first-order chi connectivity index (χ1) is 14.0. The fourth-order valence-corrected chi connectivity index (χ4v) is 3.03. The molecule has 29 heavy (non-hydrogen) atoms. The van der Waals surface area contributed by atoms with Gasteiger partial charge in [0.15, 0.2) is 5.70 Å². The van der Waals surface area contributed by atoms with Gasteiger partial charge in [0.25, 0.3) is 0 Å². The van der Waals surface area contributed by atoms with Gasteiger partial charge in [0.2, 0.25) is 5.90 Å². The molecule has 0 fully saturated rings. The van der Waals surface area contributed by atoms with E-state index in [0.29, 0.717) is 12.2 Å². The van der Waals surface area contributed by atoms with Crippen LogP contribution in [-0.2, 0) is 9.53 Å². The summed E-state index contributed by atoms with van der Waals surface area (Å²) in [7, 11) is 1.61. The number of hydrogen-bond acceptors (Lipinski definition) is 6. The number of hydrogen-bond donors (Lipinski definition) is 0. The summed E-state index contributed by atoms with van der Waals surface area (Å²) in [6.07, 6.45) is 3.75. The van der Waals surface area contributed by atoms with E-state index in [1.54, 1.807) is 13.2 Å². The van der Waals surface area contributed by atoms with Gasteiger partial charge in [0.05, 0.1) is 13.2 Å². The standard InChI is InChI=1S/C23H21NO5/c1-14(2)28-18-7-4-16(5-8-18)22-24-20(23(25)29-22)11-15-10-17-6-9-19(26-3)12-21(17)27-13-15/h4-12,14H,13H2,1-3H3. The Morgan fingerprint density at radius 2 is 1.86 bits per heavy atom. The first-order valence-electron chi connectivity index (χ1n) is 9.33. The summed E-state index contributed by atoms with van der Waals surface area (Å²) < 4.78 is 22.0. The van der Waals surface area contributed by atoms with Gasteiger partial charge in [-0.05, 0) is 68.0 Å². The molecule has 2 aromatic carbocycles. The highest BCUT2D eigenvalue weighted by atomic mass is 16.6. The Kier molecular flexibility index (Phi) is 5.08. The van der Waals surface area contributed by atoms with Gasteiger partial charge in [-0.25, -0.2) is 9.79 Å². The van der Waals surface area contributed by atoms with E-state index in [2.05, 4.69) is 4.99 Å². The molecule has 0 radical (unpaired) electrons. The molecule has 2 aliphatic rings. The van der Waals surface area contributed by atoms with Gasteiger partial charge in [0.1, 0.15) is 23.9 Å². The molecule has 2 aliphatic heterocycles. The fraction of sp³-hybridized carbons (Fsp3) is 0.217. The average Bonchev–Trinajstić information content (AvgIpc) is 3.08. The normalized spacial score (nSPS) is 16.7. The summed E-state index contributed by atoms with van der Waals surface area (Å²) >= 11 is 0. The third-order valence-corrected chi connectivity index (χ3v) is 4.37. The van der Waals surface area contributed by atoms with E-state index in [9.17, 15) is 4.79 Å². The molecule has 4 rings (SSSR count). The number of fused-ring (bicyclic) bond motifs is 1. The summed E-state index contributed by atoms with van der Waals surface area (Å²) in [6.45, 7) is 4.27. The highest BCUT2D eigenvalue weighted by Gasteiger charge is 2.25. The monoisotopic (exact) mass is 391 g/mol. The Labute approximate surface area is 169 Å². The van der Waals surface area contributed by atoms with E-state index in [-0.39, 0.29) is 17.7 Å².